The van der Waals surface area contributed by atoms with Crippen molar-refractivity contribution in [2.45, 2.75) is 19.9 Å². The van der Waals surface area contributed by atoms with Crippen LogP contribution in [0.15, 0.2) is 12.3 Å². The van der Waals surface area contributed by atoms with Gasteiger partial charge >= 0.3 is 5.97 Å². The van der Waals surface area contributed by atoms with Crippen LogP contribution >= 0.6 is 0 Å². The first-order chi connectivity index (χ1) is 7.41. The summed E-state index contributed by atoms with van der Waals surface area (Å²) in [7, 11) is 1.69. The van der Waals surface area contributed by atoms with Gasteiger partial charge in [0.15, 0.2) is 0 Å². The number of hydrogen-bond acceptors (Lipinski definition) is 3. The Bertz CT molecular complexity index is 398. The summed E-state index contributed by atoms with van der Waals surface area (Å²) in [5.74, 6) is -1.69. The van der Waals surface area contributed by atoms with Crippen LogP contribution < -0.4 is 5.32 Å². The van der Waals surface area contributed by atoms with Crippen LogP contribution in [0.1, 0.15) is 24.3 Å². The molecule has 0 aliphatic heterocycles. The molecular formula is C10H15N3O3. The Hall–Kier alpha value is -1.85. The zero-order valence-corrected chi connectivity index (χ0v) is 9.47. The van der Waals surface area contributed by atoms with Gasteiger partial charge in [-0.25, -0.2) is 4.79 Å². The second-order valence-corrected chi connectivity index (χ2v) is 3.91. The highest BCUT2D eigenvalue weighted by molar-refractivity contribution is 5.94. The summed E-state index contributed by atoms with van der Waals surface area (Å²) < 4.78 is 1.49. The van der Waals surface area contributed by atoms with E-state index in [1.807, 2.05) is 0 Å². The summed E-state index contributed by atoms with van der Waals surface area (Å²) in [4.78, 5) is 22.5. The number of carbonyl (C=O) groups excluding carboxylic acids is 1. The molecule has 1 aromatic heterocycles. The van der Waals surface area contributed by atoms with Gasteiger partial charge in [0.05, 0.1) is 0 Å². The normalized spacial score (nSPS) is 12.5. The minimum Gasteiger partial charge on any atom is -0.480 e. The summed E-state index contributed by atoms with van der Waals surface area (Å²) in [6.45, 7) is 3.47. The second kappa shape index (κ2) is 4.78. The van der Waals surface area contributed by atoms with Crippen molar-refractivity contribution in [2.24, 2.45) is 13.0 Å². The minimum absolute atomic E-state index is 0.176. The van der Waals surface area contributed by atoms with E-state index < -0.39 is 17.9 Å². The number of aliphatic carboxylic acids is 1. The molecule has 0 aliphatic rings. The van der Waals surface area contributed by atoms with Crippen molar-refractivity contribution in [3.8, 4) is 0 Å². The van der Waals surface area contributed by atoms with Gasteiger partial charge in [-0.05, 0) is 12.0 Å². The van der Waals surface area contributed by atoms with Gasteiger partial charge in [0, 0.05) is 13.2 Å². The second-order valence-electron chi connectivity index (χ2n) is 3.91. The molecule has 0 saturated carbocycles. The molecule has 0 fully saturated rings. The lowest BCUT2D eigenvalue weighted by atomic mass is 10.0. The van der Waals surface area contributed by atoms with Gasteiger partial charge in [-0.2, -0.15) is 5.10 Å². The van der Waals surface area contributed by atoms with Crippen molar-refractivity contribution in [3.63, 3.8) is 0 Å². The highest BCUT2D eigenvalue weighted by Crippen LogP contribution is 2.03. The number of carbonyl (C=O) groups is 2. The van der Waals surface area contributed by atoms with E-state index in [-0.39, 0.29) is 11.6 Å². The summed E-state index contributed by atoms with van der Waals surface area (Å²) >= 11 is 0. The minimum atomic E-state index is -1.04. The lowest BCUT2D eigenvalue weighted by Gasteiger charge is -2.16. The quantitative estimate of drug-likeness (QED) is 0.769. The Morgan fingerprint density at radius 1 is 1.50 bits per heavy atom. The number of aromatic nitrogens is 2. The van der Waals surface area contributed by atoms with Crippen LogP contribution in [0.2, 0.25) is 0 Å². The lowest BCUT2D eigenvalue weighted by molar-refractivity contribution is -0.140. The number of amides is 1. The molecule has 2 N–H and O–H groups in total. The van der Waals surface area contributed by atoms with Crippen LogP contribution in [0.3, 0.4) is 0 Å². The predicted octanol–water partition coefficient (Wildman–Crippen LogP) is 0.259. The molecule has 1 aromatic rings. The van der Waals surface area contributed by atoms with Gasteiger partial charge in [0.2, 0.25) is 0 Å². The third-order valence-electron chi connectivity index (χ3n) is 2.17. The van der Waals surface area contributed by atoms with E-state index >= 15 is 0 Å². The molecule has 1 atom stereocenters. The predicted molar refractivity (Wildman–Crippen MR) is 56.9 cm³/mol. The highest BCUT2D eigenvalue weighted by atomic mass is 16.4. The highest BCUT2D eigenvalue weighted by Gasteiger charge is 2.24. The van der Waals surface area contributed by atoms with E-state index in [4.69, 9.17) is 5.11 Å². The molecule has 1 amide bonds. The average molecular weight is 225 g/mol. The fourth-order valence-electron chi connectivity index (χ4n) is 1.26. The summed E-state index contributed by atoms with van der Waals surface area (Å²) in [5.41, 5.74) is 0.217. The monoisotopic (exact) mass is 225 g/mol. The van der Waals surface area contributed by atoms with Crippen LogP contribution in [-0.4, -0.2) is 32.8 Å². The third-order valence-corrected chi connectivity index (χ3v) is 2.17. The van der Waals surface area contributed by atoms with Crippen molar-refractivity contribution < 1.29 is 14.7 Å². The first-order valence-corrected chi connectivity index (χ1v) is 4.95. The molecule has 1 heterocycles. The van der Waals surface area contributed by atoms with E-state index in [0.29, 0.717) is 0 Å². The molecule has 88 valence electrons. The van der Waals surface area contributed by atoms with Crippen LogP contribution in [0.4, 0.5) is 0 Å². The summed E-state index contributed by atoms with van der Waals surface area (Å²) in [6, 6.07) is 0.642. The van der Waals surface area contributed by atoms with Crippen molar-refractivity contribution in [1.29, 1.82) is 0 Å². The Balaban J connectivity index is 2.73. The van der Waals surface area contributed by atoms with Gasteiger partial charge in [-0.1, -0.05) is 13.8 Å². The number of hydrogen-bond donors (Lipinski definition) is 2. The molecular weight excluding hydrogens is 210 g/mol. The Morgan fingerprint density at radius 3 is 2.50 bits per heavy atom. The molecule has 0 aliphatic carbocycles. The maximum atomic E-state index is 11.6. The number of rotatable bonds is 4. The summed E-state index contributed by atoms with van der Waals surface area (Å²) in [6.07, 6.45) is 1.63. The molecule has 6 heteroatoms. The molecule has 0 saturated heterocycles. The molecule has 0 aromatic carbocycles. The zero-order chi connectivity index (χ0) is 12.3. The smallest absolute Gasteiger partial charge is 0.326 e. The van der Waals surface area contributed by atoms with E-state index in [2.05, 4.69) is 10.4 Å². The van der Waals surface area contributed by atoms with Crippen molar-refractivity contribution >= 4 is 11.9 Å². The van der Waals surface area contributed by atoms with Gasteiger partial charge in [-0.3, -0.25) is 9.48 Å². The van der Waals surface area contributed by atoms with Gasteiger partial charge in [0.25, 0.3) is 5.91 Å². The van der Waals surface area contributed by atoms with Gasteiger partial charge in [-0.15, -0.1) is 0 Å². The standard InChI is InChI=1S/C10H15N3O3/c1-6(2)8(10(15)16)11-9(14)7-4-5-13(3)12-7/h4-6,8H,1-3H3,(H,11,14)(H,15,16)/t8-/m0/s1. The topological polar surface area (TPSA) is 84.2 Å². The summed E-state index contributed by atoms with van der Waals surface area (Å²) in [5, 5.41) is 15.2. The van der Waals surface area contributed by atoms with E-state index in [0.717, 1.165) is 0 Å². The molecule has 0 spiro atoms. The molecule has 1 rings (SSSR count). The third kappa shape index (κ3) is 2.82. The maximum absolute atomic E-state index is 11.6. The van der Waals surface area contributed by atoms with Crippen LogP contribution in [0.5, 0.6) is 0 Å². The molecule has 6 nitrogen and oxygen atoms in total. The van der Waals surface area contributed by atoms with E-state index in [9.17, 15) is 9.59 Å². The first kappa shape index (κ1) is 12.2. The van der Waals surface area contributed by atoms with E-state index in [1.54, 1.807) is 27.1 Å². The fraction of sp³-hybridized carbons (Fsp3) is 0.500. The van der Waals surface area contributed by atoms with Crippen molar-refractivity contribution in [2.75, 3.05) is 0 Å². The molecule has 0 radical (unpaired) electrons. The van der Waals surface area contributed by atoms with Crippen LogP contribution in [0, 0.1) is 5.92 Å². The molecule has 16 heavy (non-hydrogen) atoms. The number of carboxylic acids is 1. The SMILES string of the molecule is CC(C)[C@H](NC(=O)c1ccn(C)n1)C(=O)O. The Labute approximate surface area is 93.3 Å². The Morgan fingerprint density at radius 2 is 2.12 bits per heavy atom. The zero-order valence-electron chi connectivity index (χ0n) is 9.47. The maximum Gasteiger partial charge on any atom is 0.326 e. The number of nitrogens with zero attached hydrogens (tertiary/aromatic N) is 2. The largest absolute Gasteiger partial charge is 0.480 e. The number of nitrogens with one attached hydrogen (secondary N) is 1. The Kier molecular flexibility index (Phi) is 3.65. The van der Waals surface area contributed by atoms with Gasteiger partial charge in [0.1, 0.15) is 11.7 Å². The number of carboxylic acid groups (broad SMARTS) is 1. The lowest BCUT2D eigenvalue weighted by Crippen LogP contribution is -2.44. The molecule has 0 unspecified atom stereocenters. The van der Waals surface area contributed by atoms with Gasteiger partial charge < -0.3 is 10.4 Å². The average Bonchev–Trinajstić information content (AvgIpc) is 2.59. The van der Waals surface area contributed by atoms with E-state index in [1.165, 1.54) is 10.7 Å². The fourth-order valence-corrected chi connectivity index (χ4v) is 1.26. The van der Waals surface area contributed by atoms with Crippen LogP contribution in [-0.2, 0) is 11.8 Å². The van der Waals surface area contributed by atoms with Crippen molar-refractivity contribution in [3.05, 3.63) is 18.0 Å². The van der Waals surface area contributed by atoms with Crippen LogP contribution in [0.25, 0.3) is 0 Å². The number of aryl methyl sites for hydroxylation is 1. The first-order valence-electron chi connectivity index (χ1n) is 4.95. The molecule has 0 bridgehead atoms. The van der Waals surface area contributed by atoms with Crippen molar-refractivity contribution in [1.82, 2.24) is 15.1 Å².